The Hall–Kier alpha value is -1.68. The quantitative estimate of drug-likeness (QED) is 0.0507. The number of aliphatic hydroxyl groups excluding tert-OH is 18. The molecule has 0 aromatic heterocycles. The average molecular weight is 1380 g/mol. The molecule has 9 fully saturated rings. The number of ether oxygens (including phenoxy) is 14. The van der Waals surface area contributed by atoms with E-state index in [2.05, 4.69) is 0 Å². The predicted octanol–water partition coefficient (Wildman–Crippen LogP) is -18.9. The summed E-state index contributed by atoms with van der Waals surface area (Å²) in [6.07, 6.45) is -47.4. The fourth-order valence-corrected chi connectivity index (χ4v) is 12.9. The van der Waals surface area contributed by atoms with Gasteiger partial charge in [0, 0.05) is 37.3 Å². The minimum absolute atomic E-state index is 0.0266. The minimum Gasteiger partial charge on any atom is -0.394 e. The SMILES string of the molecule is NC[C@@H]1O[C@H](O[C@H]2[C@@H](O)[C@H](O[C@@H]3[C@@H](O)[C@H](N)C[C@H](N)[C@H]3O[C@H]3O[C@H](CO)[C@@H](O)C[C@H]3N)O[C@@H]2CO)[C@H](N)[C@@H](O)[C@@H]1O[C@H]1O[C@H](CO)[C@@H](O)[C@H](O)[C@@H]1O.NC[C@@H]1O[C@H](O[C@H]2[C@@H](O)[C@H](O[C@@H]3[C@@H](O)[C@H](N)C[C@H](N)[C@H]3O[C@H]3O[C@H](CO)[C@@H](O)[C@H](O)[C@H]3N)O[C@@H]2CO)[C@H](N)[C@@H](O)[C@@H]1O. The van der Waals surface area contributed by atoms with Crippen molar-refractivity contribution >= 4 is 0 Å². The van der Waals surface area contributed by atoms with Crippen molar-refractivity contribution in [2.45, 2.75) is 276 Å². The molecule has 42 atom stereocenters. The van der Waals surface area contributed by atoms with E-state index in [1.807, 2.05) is 0 Å². The Kier molecular flexibility index (Phi) is 28.1. The molecule has 0 bridgehead atoms. The van der Waals surface area contributed by atoms with E-state index < -0.39 is 290 Å². The second-order valence-electron chi connectivity index (χ2n) is 25.1. The van der Waals surface area contributed by atoms with Gasteiger partial charge in [-0.3, -0.25) is 0 Å². The molecule has 0 aromatic rings. The maximum absolute atomic E-state index is 11.4. The molecule has 7 heterocycles. The topological polar surface area (TPSA) is 754 Å². The van der Waals surface area contributed by atoms with Crippen molar-refractivity contribution in [3.63, 3.8) is 0 Å². The van der Waals surface area contributed by atoms with Gasteiger partial charge in [-0.1, -0.05) is 0 Å². The molecule has 0 spiro atoms. The van der Waals surface area contributed by atoms with Crippen molar-refractivity contribution in [3.05, 3.63) is 0 Å². The van der Waals surface area contributed by atoms with Crippen LogP contribution >= 0.6 is 0 Å². The summed E-state index contributed by atoms with van der Waals surface area (Å²) in [5.41, 5.74) is 60.7. The standard InChI is InChI=1S/C29H55N5O18.C23H45N5O14/c30-3-11-23(51-28-20(43)19(42)17(40)13(5-36)47-28)18(41)15(34)27(45-11)50-24-14(6-37)48-29(21(24)44)52-25-16(39)7(31)1-8(32)22(25)49-26-9(33)2-10(38)12(4-35)46-26;24-2-7-13(32)15(34)10(27)21(37-7)41-19-9(4-30)39-23(17(19)36)42-20-12(31)5(25)1-6(26)18(20)40-22-11(28)16(35)14(33)8(3-29)38-22/h7-29,35-44H,1-6,30-34H2;5-23,29-36H,1-4,24-28H2/t7-,8+,9-,10+,11+,12-,13-,14-,15-,16+,17-,18-,19+,20+,21-,22-,23-,24-,25-,26-,27-,28-,29+;5-,6+,7+,8-,9-,10-,11-,12+,13-,14-,15-,16-,17-,18-,19-,20-,21-,22-,23+/m11/s1. The van der Waals surface area contributed by atoms with Crippen molar-refractivity contribution in [1.82, 2.24) is 0 Å². The van der Waals surface area contributed by atoms with Crippen LogP contribution in [0.15, 0.2) is 0 Å². The first-order valence-corrected chi connectivity index (χ1v) is 31.0. The van der Waals surface area contributed by atoms with Crippen LogP contribution in [0.3, 0.4) is 0 Å². The lowest BCUT2D eigenvalue weighted by Crippen LogP contribution is -2.68. The zero-order valence-corrected chi connectivity index (χ0v) is 50.9. The zero-order valence-electron chi connectivity index (χ0n) is 50.9. The lowest BCUT2D eigenvalue weighted by Gasteiger charge is -2.47. The maximum Gasteiger partial charge on any atom is 0.187 e. The average Bonchev–Trinajstić information content (AvgIpc) is 1.32. The van der Waals surface area contributed by atoms with Gasteiger partial charge in [0.15, 0.2) is 44.0 Å². The maximum atomic E-state index is 11.4. The molecule has 7 saturated heterocycles. The van der Waals surface area contributed by atoms with Gasteiger partial charge >= 0.3 is 0 Å². The van der Waals surface area contributed by atoms with E-state index in [1.165, 1.54) is 0 Å². The highest BCUT2D eigenvalue weighted by molar-refractivity contribution is 5.05. The summed E-state index contributed by atoms with van der Waals surface area (Å²) < 4.78 is 80.8. The molecule has 94 heavy (non-hydrogen) atoms. The zero-order chi connectivity index (χ0) is 69.2. The van der Waals surface area contributed by atoms with Gasteiger partial charge in [0.05, 0.1) is 75.5 Å². The first-order valence-electron chi connectivity index (χ1n) is 31.0. The lowest BCUT2D eigenvalue weighted by molar-refractivity contribution is -0.348. The van der Waals surface area contributed by atoms with Crippen molar-refractivity contribution < 1.29 is 158 Å². The van der Waals surface area contributed by atoms with Crippen molar-refractivity contribution in [2.24, 2.45) is 57.3 Å². The smallest absolute Gasteiger partial charge is 0.187 e. The summed E-state index contributed by atoms with van der Waals surface area (Å²) in [4.78, 5) is 0. The molecule has 2 aliphatic carbocycles. The molecule has 0 aromatic carbocycles. The number of hydrogen-bond acceptors (Lipinski definition) is 42. The third-order valence-electron chi connectivity index (χ3n) is 18.6. The van der Waals surface area contributed by atoms with Gasteiger partial charge in [-0.25, -0.2) is 0 Å². The summed E-state index contributed by atoms with van der Waals surface area (Å²) in [5, 5.41) is 186. The van der Waals surface area contributed by atoms with Crippen LogP contribution in [0.2, 0.25) is 0 Å². The highest BCUT2D eigenvalue weighted by Crippen LogP contribution is 2.38. The second kappa shape index (κ2) is 33.9. The first-order chi connectivity index (χ1) is 44.5. The third kappa shape index (κ3) is 16.6. The largest absolute Gasteiger partial charge is 0.394 e. The molecule has 0 radical (unpaired) electrons. The van der Waals surface area contributed by atoms with Crippen LogP contribution in [0.4, 0.5) is 0 Å². The molecular formula is C52H100N10O32. The van der Waals surface area contributed by atoms with Crippen molar-refractivity contribution in [2.75, 3.05) is 46.1 Å². The number of aliphatic hydroxyl groups is 18. The summed E-state index contributed by atoms with van der Waals surface area (Å²) >= 11 is 0. The van der Waals surface area contributed by atoms with Crippen LogP contribution in [-0.2, 0) is 66.3 Å². The predicted molar refractivity (Wildman–Crippen MR) is 304 cm³/mol. The Labute approximate surface area is 537 Å². The van der Waals surface area contributed by atoms with Crippen LogP contribution in [0.25, 0.3) is 0 Å². The van der Waals surface area contributed by atoms with Crippen LogP contribution in [0.5, 0.6) is 0 Å². The molecule has 0 amide bonds. The van der Waals surface area contributed by atoms with Gasteiger partial charge in [0.25, 0.3) is 0 Å². The van der Waals surface area contributed by atoms with E-state index in [0.29, 0.717) is 0 Å². The van der Waals surface area contributed by atoms with Crippen LogP contribution in [-0.4, -0.2) is 395 Å². The van der Waals surface area contributed by atoms with Crippen molar-refractivity contribution in [3.8, 4) is 0 Å². The Bertz CT molecular complexity index is 2290. The Balaban J connectivity index is 0.000000247. The Morgan fingerprint density at radius 1 is 0.245 bits per heavy atom. The molecule has 9 rings (SSSR count). The van der Waals surface area contributed by atoms with Crippen LogP contribution in [0.1, 0.15) is 19.3 Å². The second-order valence-corrected chi connectivity index (χ2v) is 25.1. The van der Waals surface area contributed by atoms with Gasteiger partial charge in [0.1, 0.15) is 146 Å². The highest BCUT2D eigenvalue weighted by Gasteiger charge is 2.58. The molecule has 550 valence electrons. The Morgan fingerprint density at radius 3 is 0.989 bits per heavy atom. The molecule has 42 heteroatoms. The van der Waals surface area contributed by atoms with Gasteiger partial charge in [-0.15, -0.1) is 0 Å². The third-order valence-corrected chi connectivity index (χ3v) is 18.6. The van der Waals surface area contributed by atoms with Crippen molar-refractivity contribution in [1.29, 1.82) is 0 Å². The fraction of sp³-hybridized carbons (Fsp3) is 1.00. The van der Waals surface area contributed by atoms with E-state index in [0.717, 1.165) is 0 Å². The van der Waals surface area contributed by atoms with Gasteiger partial charge < -0.3 is 216 Å². The molecule has 2 saturated carbocycles. The molecule has 9 aliphatic rings. The van der Waals surface area contributed by atoms with E-state index in [1.54, 1.807) is 0 Å². The minimum atomic E-state index is -1.80. The monoisotopic (exact) mass is 1380 g/mol. The van der Waals surface area contributed by atoms with E-state index >= 15 is 0 Å². The van der Waals surface area contributed by atoms with E-state index in [4.69, 9.17) is 124 Å². The summed E-state index contributed by atoms with van der Waals surface area (Å²) in [5.74, 6) is 0. The number of nitrogens with two attached hydrogens (primary N) is 10. The highest BCUT2D eigenvalue weighted by atomic mass is 16.8. The molecular weight excluding hydrogens is 1280 g/mol. The van der Waals surface area contributed by atoms with Crippen LogP contribution in [0, 0.1) is 0 Å². The summed E-state index contributed by atoms with van der Waals surface area (Å²) in [6.45, 7) is -3.75. The van der Waals surface area contributed by atoms with Crippen LogP contribution < -0.4 is 57.3 Å². The number of hydrogen-bond donors (Lipinski definition) is 28. The molecule has 38 N–H and O–H groups in total. The van der Waals surface area contributed by atoms with Gasteiger partial charge in [-0.05, 0) is 19.3 Å². The van der Waals surface area contributed by atoms with Gasteiger partial charge in [0.2, 0.25) is 0 Å². The lowest BCUT2D eigenvalue weighted by atomic mass is 9.84. The summed E-state index contributed by atoms with van der Waals surface area (Å²) in [6, 6.07) is -8.31. The van der Waals surface area contributed by atoms with Gasteiger partial charge in [-0.2, -0.15) is 0 Å². The fourth-order valence-electron chi connectivity index (χ4n) is 12.9. The molecule has 7 aliphatic heterocycles. The number of rotatable bonds is 21. The summed E-state index contributed by atoms with van der Waals surface area (Å²) in [7, 11) is 0. The molecule has 0 unspecified atom stereocenters. The van der Waals surface area contributed by atoms with E-state index in [-0.39, 0.29) is 32.4 Å². The first kappa shape index (κ1) is 78.0. The molecule has 42 nitrogen and oxygen atoms in total. The van der Waals surface area contributed by atoms with E-state index in [9.17, 15) is 91.9 Å². The Morgan fingerprint density at radius 2 is 0.553 bits per heavy atom. The normalized spacial score (nSPS) is 53.5.